The fraction of sp³-hybridized carbons (Fsp3) is 0.562. The van der Waals surface area contributed by atoms with E-state index in [1.165, 1.54) is 12.1 Å². The molecule has 1 aromatic carbocycles. The summed E-state index contributed by atoms with van der Waals surface area (Å²) in [4.78, 5) is 11.1. The van der Waals surface area contributed by atoms with Gasteiger partial charge in [-0.3, -0.25) is 4.79 Å². The van der Waals surface area contributed by atoms with Crippen LogP contribution in [0.2, 0.25) is 0 Å². The van der Waals surface area contributed by atoms with E-state index in [0.717, 1.165) is 37.0 Å². The Kier molecular flexibility index (Phi) is 4.59. The van der Waals surface area contributed by atoms with E-state index in [1.807, 2.05) is 0 Å². The summed E-state index contributed by atoms with van der Waals surface area (Å²) in [5, 5.41) is 3.06. The van der Waals surface area contributed by atoms with E-state index in [0.29, 0.717) is 6.04 Å². The van der Waals surface area contributed by atoms with Crippen molar-refractivity contribution >= 4 is 5.91 Å². The number of hydrogen-bond donors (Lipinski definition) is 1. The maximum atomic E-state index is 11.1. The second-order valence-corrected chi connectivity index (χ2v) is 5.72. The van der Waals surface area contributed by atoms with Crippen molar-refractivity contribution in [2.75, 3.05) is 19.6 Å². The van der Waals surface area contributed by atoms with Crippen LogP contribution in [0.4, 0.5) is 0 Å². The number of benzene rings is 1. The maximum Gasteiger partial charge on any atom is 0.217 e. The lowest BCUT2D eigenvalue weighted by Gasteiger charge is -2.43. The highest BCUT2D eigenvalue weighted by Crippen LogP contribution is 2.22. The lowest BCUT2D eigenvalue weighted by molar-refractivity contribution is -0.943. The van der Waals surface area contributed by atoms with Gasteiger partial charge < -0.3 is 9.80 Å². The molecule has 2 rings (SSSR count). The first kappa shape index (κ1) is 14.1. The quantitative estimate of drug-likeness (QED) is 0.828. The standard InChI is InChI=1S/C16H24N2O/c1-3-18(13-15-7-5-4-6-8-15)11-9-16(10-12-18)17-14(2)19/h4-8,16H,3,9-13H2,1-2H3/p+1. The summed E-state index contributed by atoms with van der Waals surface area (Å²) in [6, 6.07) is 11.1. The van der Waals surface area contributed by atoms with Gasteiger partial charge in [0.05, 0.1) is 19.6 Å². The second kappa shape index (κ2) is 6.20. The van der Waals surface area contributed by atoms with Crippen LogP contribution in [0.25, 0.3) is 0 Å². The number of hydrogen-bond acceptors (Lipinski definition) is 1. The van der Waals surface area contributed by atoms with Crippen LogP contribution in [-0.2, 0) is 11.3 Å². The molecular formula is C16H25N2O+. The molecule has 1 aliphatic rings. The van der Waals surface area contributed by atoms with Gasteiger partial charge >= 0.3 is 0 Å². The fourth-order valence-electron chi connectivity index (χ4n) is 3.10. The number of amides is 1. The molecule has 1 amide bonds. The number of carbonyl (C=O) groups is 1. The molecule has 0 unspecified atom stereocenters. The highest BCUT2D eigenvalue weighted by Gasteiger charge is 2.32. The lowest BCUT2D eigenvalue weighted by atomic mass is 10.0. The van der Waals surface area contributed by atoms with Crippen molar-refractivity contribution in [3.63, 3.8) is 0 Å². The smallest absolute Gasteiger partial charge is 0.217 e. The van der Waals surface area contributed by atoms with Crippen molar-refractivity contribution < 1.29 is 9.28 Å². The van der Waals surface area contributed by atoms with Gasteiger partial charge in [-0.05, 0) is 6.92 Å². The zero-order valence-electron chi connectivity index (χ0n) is 12.1. The molecule has 104 valence electrons. The molecule has 0 radical (unpaired) electrons. The van der Waals surface area contributed by atoms with E-state index >= 15 is 0 Å². The molecule has 0 aromatic heterocycles. The molecular weight excluding hydrogens is 236 g/mol. The van der Waals surface area contributed by atoms with Crippen LogP contribution in [0, 0.1) is 0 Å². The summed E-state index contributed by atoms with van der Waals surface area (Å²) in [5.41, 5.74) is 1.42. The second-order valence-electron chi connectivity index (χ2n) is 5.72. The van der Waals surface area contributed by atoms with Crippen molar-refractivity contribution in [2.24, 2.45) is 0 Å². The van der Waals surface area contributed by atoms with E-state index in [2.05, 4.69) is 42.6 Å². The van der Waals surface area contributed by atoms with Crippen LogP contribution in [0.1, 0.15) is 32.3 Å². The van der Waals surface area contributed by atoms with Gasteiger partial charge in [0.25, 0.3) is 0 Å². The predicted octanol–water partition coefficient (Wildman–Crippen LogP) is 2.32. The van der Waals surface area contributed by atoms with Gasteiger partial charge in [0.2, 0.25) is 5.91 Å². The molecule has 1 N–H and O–H groups in total. The van der Waals surface area contributed by atoms with Gasteiger partial charge in [0.15, 0.2) is 0 Å². The number of carbonyl (C=O) groups excluding carboxylic acids is 1. The van der Waals surface area contributed by atoms with Crippen molar-refractivity contribution in [2.45, 2.75) is 39.3 Å². The molecule has 19 heavy (non-hydrogen) atoms. The number of likely N-dealkylation sites (tertiary alicyclic amines) is 1. The average Bonchev–Trinajstić information content (AvgIpc) is 2.42. The Morgan fingerprint density at radius 1 is 1.26 bits per heavy atom. The first-order valence-electron chi connectivity index (χ1n) is 7.30. The summed E-state index contributed by atoms with van der Waals surface area (Å²) in [6.45, 7) is 8.50. The third-order valence-corrected chi connectivity index (χ3v) is 4.34. The molecule has 1 aliphatic heterocycles. The normalized spacial score (nSPS) is 26.9. The van der Waals surface area contributed by atoms with Crippen LogP contribution < -0.4 is 5.32 Å². The molecule has 1 fully saturated rings. The van der Waals surface area contributed by atoms with E-state index < -0.39 is 0 Å². The summed E-state index contributed by atoms with van der Waals surface area (Å²) < 4.78 is 1.15. The van der Waals surface area contributed by atoms with E-state index in [4.69, 9.17) is 0 Å². The Labute approximate surface area is 116 Å². The van der Waals surface area contributed by atoms with Gasteiger partial charge in [-0.1, -0.05) is 30.3 Å². The largest absolute Gasteiger partial charge is 0.353 e. The van der Waals surface area contributed by atoms with Crippen LogP contribution in [0.15, 0.2) is 30.3 Å². The lowest BCUT2D eigenvalue weighted by Crippen LogP contribution is -2.55. The Hall–Kier alpha value is -1.35. The molecule has 0 spiro atoms. The Morgan fingerprint density at radius 3 is 2.42 bits per heavy atom. The van der Waals surface area contributed by atoms with Crippen LogP contribution >= 0.6 is 0 Å². The molecule has 3 heteroatoms. The summed E-state index contributed by atoms with van der Waals surface area (Å²) in [6.07, 6.45) is 2.19. The van der Waals surface area contributed by atoms with Gasteiger partial charge in [0.1, 0.15) is 6.54 Å². The third kappa shape index (κ3) is 3.80. The Balaban J connectivity index is 1.96. The van der Waals surface area contributed by atoms with E-state index in [-0.39, 0.29) is 5.91 Å². The highest BCUT2D eigenvalue weighted by molar-refractivity contribution is 5.73. The molecule has 0 aliphatic carbocycles. The first-order valence-corrected chi connectivity index (χ1v) is 7.30. The number of rotatable bonds is 4. The van der Waals surface area contributed by atoms with Gasteiger partial charge in [-0.15, -0.1) is 0 Å². The van der Waals surface area contributed by atoms with Gasteiger partial charge in [0, 0.05) is 31.4 Å². The first-order chi connectivity index (χ1) is 9.13. The minimum atomic E-state index is 0.101. The number of piperidine rings is 1. The maximum absolute atomic E-state index is 11.1. The van der Waals surface area contributed by atoms with Crippen LogP contribution in [0.3, 0.4) is 0 Å². The predicted molar refractivity (Wildman–Crippen MR) is 77.5 cm³/mol. The molecule has 1 heterocycles. The zero-order valence-corrected chi connectivity index (χ0v) is 12.1. The van der Waals surface area contributed by atoms with Gasteiger partial charge in [-0.2, -0.15) is 0 Å². The van der Waals surface area contributed by atoms with Crippen molar-refractivity contribution in [1.29, 1.82) is 0 Å². The Morgan fingerprint density at radius 2 is 1.89 bits per heavy atom. The SMILES string of the molecule is CC[N+]1(Cc2ccccc2)CCC(NC(C)=O)CC1. The van der Waals surface area contributed by atoms with Crippen LogP contribution in [-0.4, -0.2) is 36.1 Å². The molecule has 0 saturated carbocycles. The number of nitrogens with zero attached hydrogens (tertiary/aromatic N) is 1. The molecule has 1 saturated heterocycles. The number of quaternary nitrogens is 1. The topological polar surface area (TPSA) is 29.1 Å². The number of nitrogens with one attached hydrogen (secondary N) is 1. The molecule has 1 aromatic rings. The summed E-state index contributed by atoms with van der Waals surface area (Å²) in [5.74, 6) is 0.101. The fourth-order valence-corrected chi connectivity index (χ4v) is 3.10. The molecule has 3 nitrogen and oxygen atoms in total. The summed E-state index contributed by atoms with van der Waals surface area (Å²) in [7, 11) is 0. The van der Waals surface area contributed by atoms with Gasteiger partial charge in [-0.25, -0.2) is 0 Å². The minimum Gasteiger partial charge on any atom is -0.353 e. The summed E-state index contributed by atoms with van der Waals surface area (Å²) >= 11 is 0. The van der Waals surface area contributed by atoms with E-state index in [9.17, 15) is 4.79 Å². The van der Waals surface area contributed by atoms with Crippen molar-refractivity contribution in [3.05, 3.63) is 35.9 Å². The molecule has 0 bridgehead atoms. The average molecular weight is 261 g/mol. The molecule has 0 atom stereocenters. The zero-order chi connectivity index (χ0) is 13.7. The third-order valence-electron chi connectivity index (χ3n) is 4.34. The minimum absolute atomic E-state index is 0.101. The van der Waals surface area contributed by atoms with Crippen molar-refractivity contribution in [3.8, 4) is 0 Å². The van der Waals surface area contributed by atoms with E-state index in [1.54, 1.807) is 6.92 Å². The monoisotopic (exact) mass is 261 g/mol. The van der Waals surface area contributed by atoms with Crippen LogP contribution in [0.5, 0.6) is 0 Å². The Bertz CT molecular complexity index is 408. The van der Waals surface area contributed by atoms with Crippen molar-refractivity contribution in [1.82, 2.24) is 5.32 Å². The highest BCUT2D eigenvalue weighted by atomic mass is 16.1.